The molecule has 5 heteroatoms. The topological polar surface area (TPSA) is 62.5 Å². The van der Waals surface area contributed by atoms with Crippen molar-refractivity contribution >= 4 is 11.7 Å². The van der Waals surface area contributed by atoms with Gasteiger partial charge in [0.2, 0.25) is 0 Å². The third-order valence-corrected chi connectivity index (χ3v) is 5.67. The van der Waals surface area contributed by atoms with Crippen LogP contribution in [0.4, 0.5) is 5.82 Å². The van der Waals surface area contributed by atoms with E-state index >= 15 is 0 Å². The van der Waals surface area contributed by atoms with Crippen LogP contribution in [-0.4, -0.2) is 48.0 Å². The lowest BCUT2D eigenvalue weighted by Crippen LogP contribution is -2.42. The van der Waals surface area contributed by atoms with Gasteiger partial charge in [-0.05, 0) is 56.6 Å². The fraction of sp³-hybridized carbons (Fsp3) is 0.684. The average molecular weight is 330 g/mol. The first kappa shape index (κ1) is 17.2. The molecule has 1 amide bonds. The fourth-order valence-corrected chi connectivity index (χ4v) is 3.75. The van der Waals surface area contributed by atoms with Crippen molar-refractivity contribution in [3.8, 4) is 0 Å². The summed E-state index contributed by atoms with van der Waals surface area (Å²) in [4.78, 5) is 21.5. The highest BCUT2D eigenvalue weighted by atomic mass is 16.2. The van der Waals surface area contributed by atoms with E-state index in [0.29, 0.717) is 11.5 Å². The molecule has 1 aromatic rings. The van der Waals surface area contributed by atoms with Gasteiger partial charge in [0.1, 0.15) is 5.82 Å². The zero-order valence-corrected chi connectivity index (χ0v) is 14.9. The van der Waals surface area contributed by atoms with Gasteiger partial charge in [-0.1, -0.05) is 6.92 Å². The van der Waals surface area contributed by atoms with Crippen LogP contribution in [0, 0.1) is 11.8 Å². The molecule has 1 aromatic heterocycles. The Morgan fingerprint density at radius 3 is 2.38 bits per heavy atom. The summed E-state index contributed by atoms with van der Waals surface area (Å²) in [6.07, 6.45) is 6.18. The minimum atomic E-state index is 0.101. The van der Waals surface area contributed by atoms with Gasteiger partial charge in [-0.2, -0.15) is 0 Å². The number of nitrogens with two attached hydrogens (primary N) is 1. The molecule has 3 heterocycles. The fourth-order valence-electron chi connectivity index (χ4n) is 3.75. The highest BCUT2D eigenvalue weighted by Crippen LogP contribution is 2.23. The molecule has 0 saturated carbocycles. The molecule has 2 aliphatic heterocycles. The van der Waals surface area contributed by atoms with E-state index in [1.807, 2.05) is 17.0 Å². The van der Waals surface area contributed by atoms with Crippen LogP contribution in [0.5, 0.6) is 0 Å². The number of carbonyl (C=O) groups is 1. The predicted octanol–water partition coefficient (Wildman–Crippen LogP) is 2.52. The summed E-state index contributed by atoms with van der Waals surface area (Å²) in [6.45, 7) is 8.10. The van der Waals surface area contributed by atoms with Crippen LogP contribution in [0.1, 0.15) is 49.9 Å². The van der Waals surface area contributed by atoms with E-state index in [-0.39, 0.29) is 11.9 Å². The van der Waals surface area contributed by atoms with Crippen molar-refractivity contribution in [3.63, 3.8) is 0 Å². The summed E-state index contributed by atoms with van der Waals surface area (Å²) < 4.78 is 0. The van der Waals surface area contributed by atoms with Gasteiger partial charge in [0.15, 0.2) is 0 Å². The van der Waals surface area contributed by atoms with Crippen molar-refractivity contribution < 1.29 is 4.79 Å². The van der Waals surface area contributed by atoms with Crippen LogP contribution in [0.2, 0.25) is 0 Å². The predicted molar refractivity (Wildman–Crippen MR) is 97.1 cm³/mol. The Hall–Kier alpha value is -1.62. The van der Waals surface area contributed by atoms with Crippen molar-refractivity contribution in [1.82, 2.24) is 9.88 Å². The first-order valence-corrected chi connectivity index (χ1v) is 9.30. The lowest BCUT2D eigenvalue weighted by Gasteiger charge is -2.34. The molecular weight excluding hydrogens is 300 g/mol. The zero-order chi connectivity index (χ0) is 17.1. The lowest BCUT2D eigenvalue weighted by molar-refractivity contribution is 0.0680. The highest BCUT2D eigenvalue weighted by Gasteiger charge is 2.26. The van der Waals surface area contributed by atoms with Crippen molar-refractivity contribution in [2.45, 2.75) is 45.6 Å². The molecule has 3 rings (SSSR count). The summed E-state index contributed by atoms with van der Waals surface area (Å²) in [5.74, 6) is 2.44. The second kappa shape index (κ2) is 7.51. The standard InChI is InChI=1S/C19H30N4O/c1-14-5-9-22(10-6-14)18-4-3-17(13-21-18)19(24)23-11-7-16(8-12-23)15(2)20/h3-4,13-16H,5-12,20H2,1-2H3. The normalized spacial score (nSPS) is 21.8. The number of anilines is 1. The van der Waals surface area contributed by atoms with E-state index in [9.17, 15) is 4.79 Å². The van der Waals surface area contributed by atoms with Gasteiger partial charge < -0.3 is 15.5 Å². The summed E-state index contributed by atoms with van der Waals surface area (Å²) in [7, 11) is 0. The lowest BCUT2D eigenvalue weighted by atomic mass is 9.91. The minimum absolute atomic E-state index is 0.101. The van der Waals surface area contributed by atoms with E-state index in [2.05, 4.69) is 23.7 Å². The first-order chi connectivity index (χ1) is 11.5. The maximum Gasteiger partial charge on any atom is 0.255 e. The number of pyridine rings is 1. The molecule has 2 N–H and O–H groups in total. The van der Waals surface area contributed by atoms with Gasteiger partial charge >= 0.3 is 0 Å². The van der Waals surface area contributed by atoms with Gasteiger partial charge in [-0.15, -0.1) is 0 Å². The third-order valence-electron chi connectivity index (χ3n) is 5.67. The van der Waals surface area contributed by atoms with Crippen LogP contribution < -0.4 is 10.6 Å². The SMILES string of the molecule is CC1CCN(c2ccc(C(=O)N3CCC(C(C)N)CC3)cn2)CC1. The van der Waals surface area contributed by atoms with Crippen molar-refractivity contribution in [2.24, 2.45) is 17.6 Å². The Morgan fingerprint density at radius 1 is 1.17 bits per heavy atom. The van der Waals surface area contributed by atoms with E-state index in [0.717, 1.165) is 50.8 Å². The number of aromatic nitrogens is 1. The Balaban J connectivity index is 1.58. The summed E-state index contributed by atoms with van der Waals surface area (Å²) in [5.41, 5.74) is 6.68. The number of amides is 1. The zero-order valence-electron chi connectivity index (χ0n) is 14.9. The Labute approximate surface area is 145 Å². The van der Waals surface area contributed by atoms with E-state index in [4.69, 9.17) is 5.73 Å². The first-order valence-electron chi connectivity index (χ1n) is 9.30. The van der Waals surface area contributed by atoms with Gasteiger partial charge in [-0.25, -0.2) is 4.98 Å². The van der Waals surface area contributed by atoms with Gasteiger partial charge in [0, 0.05) is 38.4 Å². The van der Waals surface area contributed by atoms with Crippen LogP contribution >= 0.6 is 0 Å². The Kier molecular flexibility index (Phi) is 5.39. The maximum absolute atomic E-state index is 12.6. The maximum atomic E-state index is 12.6. The number of hydrogen-bond acceptors (Lipinski definition) is 4. The molecule has 0 spiro atoms. The van der Waals surface area contributed by atoms with Crippen LogP contribution in [-0.2, 0) is 0 Å². The van der Waals surface area contributed by atoms with Crippen molar-refractivity contribution in [1.29, 1.82) is 0 Å². The van der Waals surface area contributed by atoms with E-state index < -0.39 is 0 Å². The largest absolute Gasteiger partial charge is 0.357 e. The minimum Gasteiger partial charge on any atom is -0.357 e. The van der Waals surface area contributed by atoms with Gasteiger partial charge in [0.05, 0.1) is 5.56 Å². The molecule has 132 valence electrons. The van der Waals surface area contributed by atoms with Crippen LogP contribution in [0.3, 0.4) is 0 Å². The van der Waals surface area contributed by atoms with Crippen LogP contribution in [0.25, 0.3) is 0 Å². The van der Waals surface area contributed by atoms with Gasteiger partial charge in [-0.3, -0.25) is 4.79 Å². The molecule has 0 aromatic carbocycles. The number of hydrogen-bond donors (Lipinski definition) is 1. The smallest absolute Gasteiger partial charge is 0.255 e. The number of likely N-dealkylation sites (tertiary alicyclic amines) is 1. The second-order valence-electron chi connectivity index (χ2n) is 7.56. The molecule has 1 atom stereocenters. The van der Waals surface area contributed by atoms with E-state index in [1.165, 1.54) is 12.8 Å². The number of carbonyl (C=O) groups excluding carboxylic acids is 1. The summed E-state index contributed by atoms with van der Waals surface area (Å²) in [5, 5.41) is 0. The summed E-state index contributed by atoms with van der Waals surface area (Å²) >= 11 is 0. The molecule has 0 radical (unpaired) electrons. The van der Waals surface area contributed by atoms with Crippen LogP contribution in [0.15, 0.2) is 18.3 Å². The Bertz CT molecular complexity index is 541. The monoisotopic (exact) mass is 330 g/mol. The number of piperidine rings is 2. The van der Waals surface area contributed by atoms with E-state index in [1.54, 1.807) is 6.20 Å². The molecule has 5 nitrogen and oxygen atoms in total. The van der Waals surface area contributed by atoms with Gasteiger partial charge in [0.25, 0.3) is 5.91 Å². The molecule has 0 aliphatic carbocycles. The molecule has 1 unspecified atom stereocenters. The third kappa shape index (κ3) is 3.89. The molecule has 2 aliphatic rings. The number of rotatable bonds is 3. The molecule has 0 bridgehead atoms. The van der Waals surface area contributed by atoms with Crippen molar-refractivity contribution in [2.75, 3.05) is 31.1 Å². The number of nitrogens with zero attached hydrogens (tertiary/aromatic N) is 3. The molecule has 24 heavy (non-hydrogen) atoms. The molecule has 2 fully saturated rings. The molecule has 2 saturated heterocycles. The Morgan fingerprint density at radius 2 is 1.83 bits per heavy atom. The quantitative estimate of drug-likeness (QED) is 0.925. The molecular formula is C19H30N4O. The summed E-state index contributed by atoms with van der Waals surface area (Å²) in [6, 6.07) is 4.15. The second-order valence-corrected chi connectivity index (χ2v) is 7.56. The van der Waals surface area contributed by atoms with Crippen molar-refractivity contribution in [3.05, 3.63) is 23.9 Å². The highest BCUT2D eigenvalue weighted by molar-refractivity contribution is 5.94. The average Bonchev–Trinajstić information content (AvgIpc) is 2.62.